The zero-order chi connectivity index (χ0) is 20.5. The zero-order valence-electron chi connectivity index (χ0n) is 17.0. The van der Waals surface area contributed by atoms with Crippen LogP contribution in [0.3, 0.4) is 0 Å². The van der Waals surface area contributed by atoms with Gasteiger partial charge in [-0.1, -0.05) is 11.8 Å². The topological polar surface area (TPSA) is 83.0 Å². The maximum Gasteiger partial charge on any atom is 0.277 e. The Labute approximate surface area is 177 Å². The van der Waals surface area contributed by atoms with Gasteiger partial charge in [0.05, 0.1) is 22.6 Å². The first-order chi connectivity index (χ1) is 13.9. The Hall–Kier alpha value is -1.97. The highest BCUT2D eigenvalue weighted by Gasteiger charge is 2.22. The first-order valence-corrected chi connectivity index (χ1v) is 11.4. The minimum atomic E-state index is 0.0613. The van der Waals surface area contributed by atoms with Crippen LogP contribution in [0.5, 0.6) is 0 Å². The molecule has 9 heteroatoms. The van der Waals surface area contributed by atoms with Crippen molar-refractivity contribution in [3.8, 4) is 10.8 Å². The summed E-state index contributed by atoms with van der Waals surface area (Å²) in [5.74, 6) is 0.774. The van der Waals surface area contributed by atoms with Crippen LogP contribution in [-0.4, -0.2) is 44.0 Å². The molecule has 0 aliphatic carbocycles. The molecule has 7 nitrogen and oxygen atoms in total. The zero-order valence-corrected chi connectivity index (χ0v) is 18.7. The number of rotatable bonds is 7. The van der Waals surface area contributed by atoms with Crippen LogP contribution >= 0.6 is 23.1 Å². The quantitative estimate of drug-likeness (QED) is 0.405. The Balaban J connectivity index is 1.42. The van der Waals surface area contributed by atoms with Crippen molar-refractivity contribution < 1.29 is 13.9 Å². The molecule has 0 spiro atoms. The Bertz CT molecular complexity index is 1030. The molecule has 154 valence electrons. The van der Waals surface area contributed by atoms with E-state index in [1.54, 1.807) is 0 Å². The van der Waals surface area contributed by atoms with Gasteiger partial charge in [-0.15, -0.1) is 21.5 Å². The first-order valence-electron chi connectivity index (χ1n) is 9.64. The molecule has 0 radical (unpaired) electrons. The highest BCUT2D eigenvalue weighted by atomic mass is 32.2. The van der Waals surface area contributed by atoms with E-state index in [0.29, 0.717) is 11.1 Å². The van der Waals surface area contributed by atoms with Crippen molar-refractivity contribution in [3.63, 3.8) is 0 Å². The molecule has 1 saturated heterocycles. The van der Waals surface area contributed by atoms with Crippen LogP contribution in [0.4, 0.5) is 0 Å². The Morgan fingerprint density at radius 2 is 2.14 bits per heavy atom. The van der Waals surface area contributed by atoms with E-state index >= 15 is 0 Å². The fraction of sp³-hybridized carbons (Fsp3) is 0.500. The summed E-state index contributed by atoms with van der Waals surface area (Å²) in [6, 6.07) is 1.97. The van der Waals surface area contributed by atoms with Crippen molar-refractivity contribution >= 4 is 28.9 Å². The van der Waals surface area contributed by atoms with Crippen molar-refractivity contribution in [3.05, 3.63) is 33.7 Å². The van der Waals surface area contributed by atoms with Crippen LogP contribution in [0.25, 0.3) is 10.8 Å². The maximum absolute atomic E-state index is 12.8. The molecule has 1 atom stereocenters. The van der Waals surface area contributed by atoms with E-state index in [9.17, 15) is 4.79 Å². The number of hydrogen-bond donors (Lipinski definition) is 0. The number of thiazole rings is 1. The second-order valence-electron chi connectivity index (χ2n) is 7.26. The summed E-state index contributed by atoms with van der Waals surface area (Å²) in [6.07, 6.45) is 2.43. The number of hydrogen-bond acceptors (Lipinski definition) is 8. The van der Waals surface area contributed by atoms with E-state index in [0.717, 1.165) is 58.5 Å². The molecule has 0 aromatic carbocycles. The molecular weight excluding hydrogens is 408 g/mol. The van der Waals surface area contributed by atoms with Crippen molar-refractivity contribution in [2.75, 3.05) is 12.4 Å². The van der Waals surface area contributed by atoms with Crippen LogP contribution in [0.1, 0.15) is 45.3 Å². The van der Waals surface area contributed by atoms with E-state index in [4.69, 9.17) is 9.15 Å². The van der Waals surface area contributed by atoms with Crippen LogP contribution in [-0.2, 0) is 11.3 Å². The number of ketones is 1. The number of carbonyl (C=O) groups excluding carboxylic acids is 1. The van der Waals surface area contributed by atoms with Gasteiger partial charge < -0.3 is 13.7 Å². The fourth-order valence-corrected chi connectivity index (χ4v) is 5.14. The van der Waals surface area contributed by atoms with Crippen molar-refractivity contribution in [2.45, 2.75) is 58.4 Å². The third kappa shape index (κ3) is 4.31. The molecule has 0 bridgehead atoms. The van der Waals surface area contributed by atoms with Gasteiger partial charge in [0.2, 0.25) is 0 Å². The molecule has 29 heavy (non-hydrogen) atoms. The average molecular weight is 433 g/mol. The fourth-order valence-electron chi connectivity index (χ4n) is 3.65. The van der Waals surface area contributed by atoms with E-state index in [-0.39, 0.29) is 17.6 Å². The second kappa shape index (κ2) is 8.41. The van der Waals surface area contributed by atoms with Gasteiger partial charge in [0.1, 0.15) is 4.88 Å². The molecule has 3 aromatic heterocycles. The summed E-state index contributed by atoms with van der Waals surface area (Å²) < 4.78 is 13.7. The standard InChI is InChI=1S/C20H24N4O3S2/c1-11-8-16(13(3)24(11)9-15-6-5-7-26-15)17(25)10-28-20-23-22-19(27-20)18-12(2)21-14(4)29-18/h8,15H,5-7,9-10H2,1-4H3/t15-/m0/s1. The molecule has 0 saturated carbocycles. The number of aromatic nitrogens is 4. The number of carbonyl (C=O) groups is 1. The van der Waals surface area contributed by atoms with Gasteiger partial charge in [-0.05, 0) is 46.6 Å². The molecule has 4 heterocycles. The molecule has 4 rings (SSSR count). The van der Waals surface area contributed by atoms with Crippen LogP contribution < -0.4 is 0 Å². The molecule has 1 fully saturated rings. The number of aryl methyl sites for hydroxylation is 3. The lowest BCUT2D eigenvalue weighted by Gasteiger charge is -2.14. The number of nitrogens with zero attached hydrogens (tertiary/aromatic N) is 4. The van der Waals surface area contributed by atoms with Crippen molar-refractivity contribution in [2.24, 2.45) is 0 Å². The Morgan fingerprint density at radius 3 is 2.83 bits per heavy atom. The predicted molar refractivity (Wildman–Crippen MR) is 113 cm³/mol. The number of ether oxygens (including phenoxy) is 1. The lowest BCUT2D eigenvalue weighted by Crippen LogP contribution is -2.17. The third-order valence-electron chi connectivity index (χ3n) is 5.12. The molecule has 0 unspecified atom stereocenters. The van der Waals surface area contributed by atoms with E-state index in [1.165, 1.54) is 23.1 Å². The Morgan fingerprint density at radius 1 is 1.31 bits per heavy atom. The maximum atomic E-state index is 12.8. The monoisotopic (exact) mass is 432 g/mol. The summed E-state index contributed by atoms with van der Waals surface area (Å²) >= 11 is 2.79. The number of thioether (sulfide) groups is 1. The van der Waals surface area contributed by atoms with Crippen LogP contribution in [0, 0.1) is 27.7 Å². The molecule has 3 aromatic rings. The average Bonchev–Trinajstić information content (AvgIpc) is 3.45. The summed E-state index contributed by atoms with van der Waals surface area (Å²) in [7, 11) is 0. The van der Waals surface area contributed by atoms with Gasteiger partial charge in [-0.2, -0.15) is 0 Å². The summed E-state index contributed by atoms with van der Waals surface area (Å²) in [4.78, 5) is 18.1. The summed E-state index contributed by atoms with van der Waals surface area (Å²) in [5, 5.41) is 9.53. The molecular formula is C20H24N4O3S2. The molecule has 1 aliphatic rings. The lowest BCUT2D eigenvalue weighted by molar-refractivity contribution is 0.0957. The van der Waals surface area contributed by atoms with E-state index in [1.807, 2.05) is 33.8 Å². The smallest absolute Gasteiger partial charge is 0.277 e. The summed E-state index contributed by atoms with van der Waals surface area (Å²) in [5.41, 5.74) is 3.71. The predicted octanol–water partition coefficient (Wildman–Crippen LogP) is 4.38. The highest BCUT2D eigenvalue weighted by Crippen LogP contribution is 2.31. The normalized spacial score (nSPS) is 16.6. The van der Waals surface area contributed by atoms with Gasteiger partial charge in [0, 0.05) is 30.1 Å². The molecule has 1 aliphatic heterocycles. The third-order valence-corrected chi connectivity index (χ3v) is 6.99. The molecule has 0 amide bonds. The second-order valence-corrected chi connectivity index (χ2v) is 9.39. The van der Waals surface area contributed by atoms with Crippen LogP contribution in [0.15, 0.2) is 15.7 Å². The van der Waals surface area contributed by atoms with E-state index < -0.39 is 0 Å². The van der Waals surface area contributed by atoms with Crippen LogP contribution in [0.2, 0.25) is 0 Å². The van der Waals surface area contributed by atoms with Crippen molar-refractivity contribution in [1.82, 2.24) is 19.7 Å². The number of Topliss-reactive ketones (excluding diaryl/α,β-unsaturated/α-hetero) is 1. The minimum absolute atomic E-state index is 0.0613. The lowest BCUT2D eigenvalue weighted by atomic mass is 10.2. The van der Waals surface area contributed by atoms with Gasteiger partial charge in [-0.25, -0.2) is 4.98 Å². The largest absolute Gasteiger partial charge is 0.410 e. The summed E-state index contributed by atoms with van der Waals surface area (Å²) in [6.45, 7) is 9.54. The van der Waals surface area contributed by atoms with Gasteiger partial charge in [0.25, 0.3) is 11.1 Å². The van der Waals surface area contributed by atoms with Crippen molar-refractivity contribution in [1.29, 1.82) is 0 Å². The SMILES string of the molecule is Cc1nc(C)c(-c2nnc(SCC(=O)c3cc(C)n(C[C@@H]4CCCO4)c3C)o2)s1. The van der Waals surface area contributed by atoms with E-state index in [2.05, 4.69) is 19.7 Å². The minimum Gasteiger partial charge on any atom is -0.410 e. The van der Waals surface area contributed by atoms with Gasteiger partial charge >= 0.3 is 0 Å². The van der Waals surface area contributed by atoms with Gasteiger partial charge in [0.15, 0.2) is 5.78 Å². The Kier molecular flexibility index (Phi) is 5.89. The highest BCUT2D eigenvalue weighted by molar-refractivity contribution is 7.99. The van der Waals surface area contributed by atoms with Gasteiger partial charge in [-0.3, -0.25) is 4.79 Å². The first kappa shape index (κ1) is 20.3. The molecule has 0 N–H and O–H groups in total.